The van der Waals surface area contributed by atoms with E-state index in [1.807, 2.05) is 11.9 Å². The molecule has 3 aliphatic carbocycles. The molecular weight excluding hydrogens is 264 g/mol. The van der Waals surface area contributed by atoms with Gasteiger partial charge in [-0.2, -0.15) is 0 Å². The molecule has 0 aromatic rings. The Morgan fingerprint density at radius 3 is 2.62 bits per heavy atom. The number of amides is 2. The first-order chi connectivity index (χ1) is 10.1. The number of allylic oxidation sites excluding steroid dienone is 2. The fraction of sp³-hybridized carbons (Fsp3) is 0.765. The molecule has 0 aromatic heterocycles. The first-order valence-electron chi connectivity index (χ1n) is 8.36. The van der Waals surface area contributed by atoms with Crippen LogP contribution in [0.4, 0.5) is 0 Å². The molecule has 1 N–H and O–H groups in total. The minimum absolute atomic E-state index is 0.189. The standard InChI is InChI=1S/C17H26N2O2/c1-19(17(21)13-4-2-5-13)9-3-8-18-16(20)15-11-12-6-7-14(15)10-12/h6-7,12-15H,2-5,8-11H2,1H3,(H,18,20)/t12-,14+,15-/m1/s1. The molecule has 2 amide bonds. The zero-order chi connectivity index (χ0) is 14.8. The molecule has 0 aliphatic heterocycles. The van der Waals surface area contributed by atoms with Crippen molar-refractivity contribution in [3.8, 4) is 0 Å². The van der Waals surface area contributed by atoms with Gasteiger partial charge in [0.2, 0.25) is 11.8 Å². The predicted octanol–water partition coefficient (Wildman–Crippen LogP) is 1.96. The highest BCUT2D eigenvalue weighted by Gasteiger charge is 2.39. The molecule has 0 spiro atoms. The smallest absolute Gasteiger partial charge is 0.225 e. The molecule has 3 aliphatic rings. The summed E-state index contributed by atoms with van der Waals surface area (Å²) in [6.45, 7) is 1.42. The molecule has 3 atom stereocenters. The molecule has 0 radical (unpaired) electrons. The summed E-state index contributed by atoms with van der Waals surface area (Å²) in [7, 11) is 1.88. The molecule has 21 heavy (non-hydrogen) atoms. The van der Waals surface area contributed by atoms with E-state index >= 15 is 0 Å². The van der Waals surface area contributed by atoms with Gasteiger partial charge in [-0.15, -0.1) is 0 Å². The number of nitrogens with zero attached hydrogens (tertiary/aromatic N) is 1. The van der Waals surface area contributed by atoms with E-state index in [1.165, 1.54) is 6.42 Å². The highest BCUT2D eigenvalue weighted by molar-refractivity contribution is 5.80. The maximum Gasteiger partial charge on any atom is 0.225 e. The molecule has 0 heterocycles. The zero-order valence-corrected chi connectivity index (χ0v) is 12.9. The fourth-order valence-corrected chi connectivity index (χ4v) is 3.82. The van der Waals surface area contributed by atoms with Crippen molar-refractivity contribution in [2.24, 2.45) is 23.7 Å². The summed E-state index contributed by atoms with van der Waals surface area (Å²) in [6, 6.07) is 0. The summed E-state index contributed by atoms with van der Waals surface area (Å²) >= 11 is 0. The maximum atomic E-state index is 12.2. The van der Waals surface area contributed by atoms with Crippen LogP contribution >= 0.6 is 0 Å². The molecule has 2 bridgehead atoms. The van der Waals surface area contributed by atoms with Crippen molar-refractivity contribution in [3.05, 3.63) is 12.2 Å². The zero-order valence-electron chi connectivity index (χ0n) is 12.9. The Morgan fingerprint density at radius 1 is 1.24 bits per heavy atom. The van der Waals surface area contributed by atoms with Gasteiger partial charge in [0, 0.05) is 32.0 Å². The Hall–Kier alpha value is -1.32. The monoisotopic (exact) mass is 290 g/mol. The van der Waals surface area contributed by atoms with Crippen LogP contribution in [0.15, 0.2) is 12.2 Å². The van der Waals surface area contributed by atoms with Gasteiger partial charge >= 0.3 is 0 Å². The van der Waals surface area contributed by atoms with Crippen LogP contribution in [0.2, 0.25) is 0 Å². The number of rotatable bonds is 6. The summed E-state index contributed by atoms with van der Waals surface area (Å²) < 4.78 is 0. The van der Waals surface area contributed by atoms with Gasteiger partial charge in [0.25, 0.3) is 0 Å². The van der Waals surface area contributed by atoms with Crippen molar-refractivity contribution in [1.29, 1.82) is 0 Å². The van der Waals surface area contributed by atoms with Gasteiger partial charge in [-0.25, -0.2) is 0 Å². The summed E-state index contributed by atoms with van der Waals surface area (Å²) in [5.74, 6) is 2.06. The first kappa shape index (κ1) is 14.6. The summed E-state index contributed by atoms with van der Waals surface area (Å²) in [5, 5.41) is 3.05. The Balaban J connectivity index is 1.32. The summed E-state index contributed by atoms with van der Waals surface area (Å²) in [4.78, 5) is 26.0. The molecular formula is C17H26N2O2. The van der Waals surface area contributed by atoms with Crippen LogP contribution in [0.1, 0.15) is 38.5 Å². The number of carbonyl (C=O) groups excluding carboxylic acids is 2. The fourth-order valence-electron chi connectivity index (χ4n) is 3.82. The quantitative estimate of drug-likeness (QED) is 0.600. The van der Waals surface area contributed by atoms with Gasteiger partial charge < -0.3 is 10.2 Å². The molecule has 0 unspecified atom stereocenters. The van der Waals surface area contributed by atoms with Crippen molar-refractivity contribution in [1.82, 2.24) is 10.2 Å². The van der Waals surface area contributed by atoms with E-state index < -0.39 is 0 Å². The summed E-state index contributed by atoms with van der Waals surface area (Å²) in [5.41, 5.74) is 0. The Labute approximate surface area is 127 Å². The van der Waals surface area contributed by atoms with E-state index in [2.05, 4.69) is 17.5 Å². The second kappa shape index (κ2) is 6.20. The molecule has 0 saturated heterocycles. The Morgan fingerprint density at radius 2 is 2.05 bits per heavy atom. The first-order valence-corrected chi connectivity index (χ1v) is 8.36. The van der Waals surface area contributed by atoms with Crippen LogP contribution in [0.5, 0.6) is 0 Å². The van der Waals surface area contributed by atoms with E-state index in [9.17, 15) is 9.59 Å². The van der Waals surface area contributed by atoms with Crippen LogP contribution in [0, 0.1) is 23.7 Å². The summed E-state index contributed by atoms with van der Waals surface area (Å²) in [6.07, 6.45) is 10.8. The second-order valence-electron chi connectivity index (χ2n) is 6.92. The Bertz CT molecular complexity index is 442. The highest BCUT2D eigenvalue weighted by atomic mass is 16.2. The molecule has 4 heteroatoms. The van der Waals surface area contributed by atoms with Crippen LogP contribution in [0.3, 0.4) is 0 Å². The van der Waals surface area contributed by atoms with E-state index in [4.69, 9.17) is 0 Å². The van der Waals surface area contributed by atoms with Gasteiger partial charge in [0.1, 0.15) is 0 Å². The van der Waals surface area contributed by atoms with E-state index in [0.717, 1.165) is 38.6 Å². The number of nitrogens with one attached hydrogen (secondary N) is 1. The van der Waals surface area contributed by atoms with Crippen LogP contribution in [-0.4, -0.2) is 36.9 Å². The van der Waals surface area contributed by atoms with Crippen molar-refractivity contribution in [2.45, 2.75) is 38.5 Å². The van der Waals surface area contributed by atoms with Gasteiger partial charge in [0.15, 0.2) is 0 Å². The van der Waals surface area contributed by atoms with Gasteiger partial charge in [-0.3, -0.25) is 9.59 Å². The van der Waals surface area contributed by atoms with Crippen molar-refractivity contribution < 1.29 is 9.59 Å². The number of hydrogen-bond donors (Lipinski definition) is 1. The number of hydrogen-bond acceptors (Lipinski definition) is 2. The van der Waals surface area contributed by atoms with Crippen molar-refractivity contribution in [2.75, 3.05) is 20.1 Å². The molecule has 2 saturated carbocycles. The topological polar surface area (TPSA) is 49.4 Å². The lowest BCUT2D eigenvalue weighted by Gasteiger charge is -2.29. The maximum absolute atomic E-state index is 12.2. The third kappa shape index (κ3) is 3.14. The largest absolute Gasteiger partial charge is 0.356 e. The normalized spacial score (nSPS) is 30.2. The average Bonchev–Trinajstić information content (AvgIpc) is 3.03. The third-order valence-electron chi connectivity index (χ3n) is 5.42. The average molecular weight is 290 g/mol. The van der Waals surface area contributed by atoms with Gasteiger partial charge in [-0.1, -0.05) is 18.6 Å². The molecule has 2 fully saturated rings. The van der Waals surface area contributed by atoms with Crippen LogP contribution in [-0.2, 0) is 9.59 Å². The van der Waals surface area contributed by atoms with Gasteiger partial charge in [-0.05, 0) is 43.9 Å². The second-order valence-corrected chi connectivity index (χ2v) is 6.92. The number of fused-ring (bicyclic) bond motifs is 2. The SMILES string of the molecule is CN(CCCNC(=O)[C@@H]1C[C@@H]2C=C[C@H]1C2)C(=O)C1CCC1. The van der Waals surface area contributed by atoms with E-state index in [1.54, 1.807) is 0 Å². The lowest BCUT2D eigenvalue weighted by molar-refractivity contribution is -0.136. The van der Waals surface area contributed by atoms with Crippen LogP contribution < -0.4 is 5.32 Å². The van der Waals surface area contributed by atoms with E-state index in [-0.39, 0.29) is 23.7 Å². The molecule has 3 rings (SSSR count). The van der Waals surface area contributed by atoms with Crippen molar-refractivity contribution >= 4 is 11.8 Å². The molecule has 116 valence electrons. The third-order valence-corrected chi connectivity index (χ3v) is 5.42. The van der Waals surface area contributed by atoms with Crippen molar-refractivity contribution in [3.63, 3.8) is 0 Å². The molecule has 4 nitrogen and oxygen atoms in total. The lowest BCUT2D eigenvalue weighted by atomic mass is 9.84. The predicted molar refractivity (Wildman–Crippen MR) is 81.4 cm³/mol. The minimum Gasteiger partial charge on any atom is -0.356 e. The molecule has 0 aromatic carbocycles. The number of carbonyl (C=O) groups is 2. The highest BCUT2D eigenvalue weighted by Crippen LogP contribution is 2.43. The Kier molecular flexibility index (Phi) is 4.32. The van der Waals surface area contributed by atoms with Gasteiger partial charge in [0.05, 0.1) is 0 Å². The van der Waals surface area contributed by atoms with Crippen LogP contribution in [0.25, 0.3) is 0 Å². The lowest BCUT2D eigenvalue weighted by Crippen LogP contribution is -2.38. The van der Waals surface area contributed by atoms with E-state index in [0.29, 0.717) is 18.4 Å². The minimum atomic E-state index is 0.189.